The van der Waals surface area contributed by atoms with Crippen molar-refractivity contribution in [2.45, 2.75) is 6.42 Å². The van der Waals surface area contributed by atoms with Gasteiger partial charge in [0, 0.05) is 26.2 Å². The van der Waals surface area contributed by atoms with E-state index < -0.39 is 5.82 Å². The van der Waals surface area contributed by atoms with Gasteiger partial charge in [-0.05, 0) is 6.07 Å². The van der Waals surface area contributed by atoms with Crippen LogP contribution in [-0.4, -0.2) is 20.3 Å². The molecule has 1 radical (unpaired) electrons. The third kappa shape index (κ3) is 3.42. The first kappa shape index (κ1) is 9.99. The van der Waals surface area contributed by atoms with Gasteiger partial charge in [0.2, 0.25) is 0 Å². The molecule has 1 aromatic carbocycles. The number of ether oxygens (including phenoxy) is 2. The van der Waals surface area contributed by atoms with Gasteiger partial charge in [0.25, 0.3) is 0 Å². The van der Waals surface area contributed by atoms with E-state index in [1.165, 1.54) is 6.07 Å². The van der Waals surface area contributed by atoms with Crippen molar-refractivity contribution in [3.8, 4) is 5.75 Å². The predicted molar refractivity (Wildman–Crippen MR) is 47.2 cm³/mol. The Kier molecular flexibility index (Phi) is 4.26. The molecule has 0 bridgehead atoms. The van der Waals surface area contributed by atoms with E-state index in [4.69, 9.17) is 9.47 Å². The Bertz CT molecular complexity index is 250. The molecule has 0 N–H and O–H groups in total. The number of methoxy groups -OCH3 is 1. The van der Waals surface area contributed by atoms with Crippen LogP contribution in [0.25, 0.3) is 0 Å². The molecule has 2 nitrogen and oxygen atoms in total. The van der Waals surface area contributed by atoms with Crippen molar-refractivity contribution in [3.05, 3.63) is 30.1 Å². The van der Waals surface area contributed by atoms with Crippen LogP contribution in [0.2, 0.25) is 0 Å². The summed E-state index contributed by atoms with van der Waals surface area (Å²) >= 11 is 0. The Labute approximate surface area is 77.3 Å². The first-order valence-corrected chi connectivity index (χ1v) is 4.12. The fraction of sp³-hybridized carbons (Fsp3) is 0.400. The van der Waals surface area contributed by atoms with Gasteiger partial charge in [-0.2, -0.15) is 0 Å². The van der Waals surface area contributed by atoms with Crippen LogP contribution in [0.3, 0.4) is 0 Å². The Morgan fingerprint density at radius 2 is 2.31 bits per heavy atom. The highest BCUT2D eigenvalue weighted by molar-refractivity contribution is 5.22. The van der Waals surface area contributed by atoms with Gasteiger partial charge >= 0.3 is 0 Å². The highest BCUT2D eigenvalue weighted by Gasteiger charge is 2.00. The normalized spacial score (nSPS) is 10.0. The smallest absolute Gasteiger partial charge is 0.172 e. The maximum absolute atomic E-state index is 12.9. The standard InChI is InChI=1S/C10H12FO2/c1-12-7-4-8-13-10-6-3-2-5-9(10)11/h2-3,6H,4,7-8H2,1H3. The number of rotatable bonds is 5. The van der Waals surface area contributed by atoms with E-state index in [1.54, 1.807) is 19.2 Å². The van der Waals surface area contributed by atoms with Gasteiger partial charge in [-0.3, -0.25) is 0 Å². The topological polar surface area (TPSA) is 18.5 Å². The summed E-state index contributed by atoms with van der Waals surface area (Å²) in [5.74, 6) is -0.196. The summed E-state index contributed by atoms with van der Waals surface area (Å²) < 4.78 is 22.9. The summed E-state index contributed by atoms with van der Waals surface area (Å²) in [7, 11) is 1.62. The van der Waals surface area contributed by atoms with Crippen LogP contribution in [-0.2, 0) is 4.74 Å². The first-order valence-electron chi connectivity index (χ1n) is 4.12. The van der Waals surface area contributed by atoms with E-state index in [9.17, 15) is 4.39 Å². The first-order chi connectivity index (χ1) is 6.34. The largest absolute Gasteiger partial charge is 0.490 e. The highest BCUT2D eigenvalue weighted by Crippen LogP contribution is 2.14. The molecule has 1 aromatic rings. The van der Waals surface area contributed by atoms with Crippen LogP contribution in [0.15, 0.2) is 18.2 Å². The maximum Gasteiger partial charge on any atom is 0.172 e. The summed E-state index contributed by atoms with van der Waals surface area (Å²) in [4.78, 5) is 0. The van der Waals surface area contributed by atoms with Crippen molar-refractivity contribution in [1.82, 2.24) is 0 Å². The molecule has 0 aliphatic carbocycles. The number of hydrogen-bond acceptors (Lipinski definition) is 2. The highest BCUT2D eigenvalue weighted by atomic mass is 19.1. The molecule has 0 fully saturated rings. The van der Waals surface area contributed by atoms with Gasteiger partial charge < -0.3 is 9.47 Å². The lowest BCUT2D eigenvalue weighted by Crippen LogP contribution is -2.02. The van der Waals surface area contributed by atoms with E-state index in [2.05, 4.69) is 6.07 Å². The van der Waals surface area contributed by atoms with Gasteiger partial charge in [-0.25, -0.2) is 4.39 Å². The summed E-state index contributed by atoms with van der Waals surface area (Å²) in [6, 6.07) is 7.20. The van der Waals surface area contributed by atoms with Crippen molar-refractivity contribution in [3.63, 3.8) is 0 Å². The molecule has 71 valence electrons. The van der Waals surface area contributed by atoms with E-state index in [-0.39, 0.29) is 5.75 Å². The molecule has 13 heavy (non-hydrogen) atoms. The lowest BCUT2D eigenvalue weighted by Gasteiger charge is -2.05. The van der Waals surface area contributed by atoms with Crippen LogP contribution in [0.1, 0.15) is 6.42 Å². The molecule has 0 amide bonds. The number of halogens is 1. The Hall–Kier alpha value is -1.09. The minimum atomic E-state index is -0.445. The summed E-state index contributed by atoms with van der Waals surface area (Å²) in [6.07, 6.45) is 0.755. The van der Waals surface area contributed by atoms with Gasteiger partial charge in [0.05, 0.1) is 6.61 Å². The third-order valence-corrected chi connectivity index (χ3v) is 1.52. The molecular weight excluding hydrogens is 171 g/mol. The van der Waals surface area contributed by atoms with Gasteiger partial charge in [0.1, 0.15) is 0 Å². The van der Waals surface area contributed by atoms with E-state index >= 15 is 0 Å². The van der Waals surface area contributed by atoms with Crippen molar-refractivity contribution in [2.24, 2.45) is 0 Å². The molecule has 0 aliphatic rings. The lowest BCUT2D eigenvalue weighted by atomic mass is 10.3. The molecule has 3 heteroatoms. The minimum absolute atomic E-state index is 0.249. The third-order valence-electron chi connectivity index (χ3n) is 1.52. The summed E-state index contributed by atoms with van der Waals surface area (Å²) in [5.41, 5.74) is 0. The number of hydrogen-bond donors (Lipinski definition) is 0. The molecule has 0 aliphatic heterocycles. The second kappa shape index (κ2) is 5.54. The van der Waals surface area contributed by atoms with Gasteiger partial charge in [-0.15, -0.1) is 0 Å². The fourth-order valence-electron chi connectivity index (χ4n) is 0.898. The van der Waals surface area contributed by atoms with Crippen molar-refractivity contribution in [1.29, 1.82) is 0 Å². The van der Waals surface area contributed by atoms with Crippen LogP contribution in [0, 0.1) is 11.9 Å². The van der Waals surface area contributed by atoms with E-state index in [1.807, 2.05) is 0 Å². The molecule has 0 saturated carbocycles. The molecule has 0 heterocycles. The Balaban J connectivity index is 2.32. The molecule has 0 unspecified atom stereocenters. The average Bonchev–Trinajstić information content (AvgIpc) is 2.15. The maximum atomic E-state index is 12.9. The minimum Gasteiger partial charge on any atom is -0.490 e. The molecule has 0 atom stereocenters. The van der Waals surface area contributed by atoms with Crippen molar-refractivity contribution < 1.29 is 13.9 Å². The van der Waals surface area contributed by atoms with Crippen molar-refractivity contribution in [2.75, 3.05) is 20.3 Å². The van der Waals surface area contributed by atoms with E-state index in [0.717, 1.165) is 6.42 Å². The zero-order chi connectivity index (χ0) is 9.52. The van der Waals surface area contributed by atoms with Gasteiger partial charge in [0.15, 0.2) is 11.6 Å². The second-order valence-corrected chi connectivity index (χ2v) is 2.54. The molecule has 0 saturated heterocycles. The monoisotopic (exact) mass is 183 g/mol. The lowest BCUT2D eigenvalue weighted by molar-refractivity contribution is 0.170. The molecule has 0 aromatic heterocycles. The van der Waals surface area contributed by atoms with Gasteiger partial charge in [-0.1, -0.05) is 12.1 Å². The Morgan fingerprint density at radius 1 is 1.46 bits per heavy atom. The average molecular weight is 183 g/mol. The fourth-order valence-corrected chi connectivity index (χ4v) is 0.898. The predicted octanol–water partition coefficient (Wildman–Crippen LogP) is 2.04. The Morgan fingerprint density at radius 3 is 3.00 bits per heavy atom. The van der Waals surface area contributed by atoms with Crippen LogP contribution < -0.4 is 4.74 Å². The van der Waals surface area contributed by atoms with E-state index in [0.29, 0.717) is 13.2 Å². The molecular formula is C10H12FO2. The zero-order valence-corrected chi connectivity index (χ0v) is 7.55. The van der Waals surface area contributed by atoms with Crippen LogP contribution >= 0.6 is 0 Å². The van der Waals surface area contributed by atoms with Crippen LogP contribution in [0.5, 0.6) is 5.75 Å². The molecule has 1 rings (SSSR count). The molecule has 0 spiro atoms. The zero-order valence-electron chi connectivity index (χ0n) is 7.55. The quantitative estimate of drug-likeness (QED) is 0.650. The SMILES string of the molecule is COCCCOc1ccc[c]c1F. The van der Waals surface area contributed by atoms with Crippen LogP contribution in [0.4, 0.5) is 4.39 Å². The second-order valence-electron chi connectivity index (χ2n) is 2.54. The van der Waals surface area contributed by atoms with Crippen molar-refractivity contribution >= 4 is 0 Å². The summed E-state index contributed by atoms with van der Waals surface area (Å²) in [5, 5.41) is 0. The summed E-state index contributed by atoms with van der Waals surface area (Å²) in [6.45, 7) is 1.08. The number of benzene rings is 1.